The molecular formula is C26H22N6O. The lowest BCUT2D eigenvalue weighted by atomic mass is 10.1. The van der Waals surface area contributed by atoms with Gasteiger partial charge in [0.25, 0.3) is 5.91 Å². The summed E-state index contributed by atoms with van der Waals surface area (Å²) in [5, 5.41) is 7.77. The van der Waals surface area contributed by atoms with Crippen LogP contribution in [-0.4, -0.2) is 30.2 Å². The van der Waals surface area contributed by atoms with Crippen LogP contribution < -0.4 is 5.32 Å². The number of hydrogen-bond acceptors (Lipinski definition) is 4. The molecule has 5 rings (SSSR count). The molecule has 3 aromatic heterocycles. The van der Waals surface area contributed by atoms with Gasteiger partial charge in [-0.15, -0.1) is 0 Å². The molecular weight excluding hydrogens is 412 g/mol. The summed E-state index contributed by atoms with van der Waals surface area (Å²) in [5.74, 6) is -0.187. The lowest BCUT2D eigenvalue weighted by Crippen LogP contribution is -2.24. The Morgan fingerprint density at radius 2 is 1.70 bits per heavy atom. The van der Waals surface area contributed by atoms with E-state index >= 15 is 0 Å². The number of amides is 1. The van der Waals surface area contributed by atoms with Gasteiger partial charge < -0.3 is 9.88 Å². The van der Waals surface area contributed by atoms with Gasteiger partial charge in [0.2, 0.25) is 0 Å². The number of pyridine rings is 1. The van der Waals surface area contributed by atoms with Crippen molar-refractivity contribution in [2.75, 3.05) is 0 Å². The van der Waals surface area contributed by atoms with Crippen LogP contribution in [0.3, 0.4) is 0 Å². The zero-order valence-electron chi connectivity index (χ0n) is 17.9. The van der Waals surface area contributed by atoms with Crippen molar-refractivity contribution in [3.63, 3.8) is 0 Å². The zero-order valence-corrected chi connectivity index (χ0v) is 17.9. The first kappa shape index (κ1) is 20.4. The fourth-order valence-corrected chi connectivity index (χ4v) is 3.70. The minimum absolute atomic E-state index is 0.187. The monoisotopic (exact) mass is 434 g/mol. The molecule has 2 aromatic carbocycles. The fourth-order valence-electron chi connectivity index (χ4n) is 3.70. The first-order chi connectivity index (χ1) is 16.3. The van der Waals surface area contributed by atoms with E-state index in [0.717, 1.165) is 22.4 Å². The van der Waals surface area contributed by atoms with E-state index in [2.05, 4.69) is 21.4 Å². The van der Waals surface area contributed by atoms with E-state index in [1.165, 1.54) is 0 Å². The molecule has 7 heteroatoms. The summed E-state index contributed by atoms with van der Waals surface area (Å²) in [4.78, 5) is 21.6. The maximum absolute atomic E-state index is 13.3. The van der Waals surface area contributed by atoms with E-state index in [-0.39, 0.29) is 5.91 Å². The Morgan fingerprint density at radius 3 is 2.45 bits per heavy atom. The van der Waals surface area contributed by atoms with Gasteiger partial charge in [-0.1, -0.05) is 42.5 Å². The van der Waals surface area contributed by atoms with Crippen molar-refractivity contribution in [2.24, 2.45) is 0 Å². The molecule has 0 aliphatic carbocycles. The molecule has 0 spiro atoms. The number of carbonyl (C=O) groups is 1. The summed E-state index contributed by atoms with van der Waals surface area (Å²) >= 11 is 0. The van der Waals surface area contributed by atoms with Crippen molar-refractivity contribution >= 4 is 5.91 Å². The average Bonchev–Trinajstić information content (AvgIpc) is 3.55. The summed E-state index contributed by atoms with van der Waals surface area (Å²) in [6.07, 6.45) is 10.7. The molecule has 0 aliphatic rings. The number of nitrogens with one attached hydrogen (secondary N) is 1. The first-order valence-electron chi connectivity index (χ1n) is 10.6. The predicted octanol–water partition coefficient (Wildman–Crippen LogP) is 4.11. The van der Waals surface area contributed by atoms with Crippen molar-refractivity contribution in [3.05, 3.63) is 121 Å². The van der Waals surface area contributed by atoms with E-state index < -0.39 is 0 Å². The van der Waals surface area contributed by atoms with Crippen LogP contribution in [0.2, 0.25) is 0 Å². The molecule has 0 atom stereocenters. The number of nitrogens with zero attached hydrogens (tertiary/aromatic N) is 5. The summed E-state index contributed by atoms with van der Waals surface area (Å²) in [6.45, 7) is 1.10. The van der Waals surface area contributed by atoms with Crippen LogP contribution in [0.15, 0.2) is 104 Å². The number of carbonyl (C=O) groups excluding carboxylic acids is 1. The molecule has 5 aromatic rings. The minimum Gasteiger partial charge on any atom is -0.348 e. The Morgan fingerprint density at radius 1 is 0.879 bits per heavy atom. The first-order valence-corrected chi connectivity index (χ1v) is 10.6. The average molecular weight is 435 g/mol. The molecule has 0 saturated heterocycles. The zero-order chi connectivity index (χ0) is 22.5. The Kier molecular flexibility index (Phi) is 5.75. The molecule has 3 heterocycles. The summed E-state index contributed by atoms with van der Waals surface area (Å²) in [6, 6.07) is 21.6. The number of hydrogen-bond donors (Lipinski definition) is 1. The van der Waals surface area contributed by atoms with Crippen LogP contribution in [0.4, 0.5) is 0 Å². The summed E-state index contributed by atoms with van der Waals surface area (Å²) < 4.78 is 3.73. The second-order valence-electron chi connectivity index (χ2n) is 7.60. The van der Waals surface area contributed by atoms with Gasteiger partial charge >= 0.3 is 0 Å². The van der Waals surface area contributed by atoms with E-state index in [4.69, 9.17) is 5.10 Å². The molecule has 1 amide bonds. The van der Waals surface area contributed by atoms with Gasteiger partial charge in [-0.2, -0.15) is 5.10 Å². The summed E-state index contributed by atoms with van der Waals surface area (Å²) in [5.41, 5.74) is 4.95. The van der Waals surface area contributed by atoms with Gasteiger partial charge in [-0.25, -0.2) is 9.67 Å². The second kappa shape index (κ2) is 9.32. The highest BCUT2D eigenvalue weighted by atomic mass is 16.1. The van der Waals surface area contributed by atoms with E-state index in [1.54, 1.807) is 35.8 Å². The molecule has 0 radical (unpaired) electrons. The molecule has 162 valence electrons. The largest absolute Gasteiger partial charge is 0.348 e. The number of aromatic nitrogens is 5. The SMILES string of the molecule is O=C(NCc1ccccc1Cn1ccnc1)c1cn(-c2ccccc2)nc1-c1cccnc1. The number of imidazole rings is 1. The summed E-state index contributed by atoms with van der Waals surface area (Å²) in [7, 11) is 0. The number of para-hydroxylation sites is 1. The standard InChI is InChI=1S/C26H22N6O/c33-26(29-16-20-7-4-5-8-22(20)17-31-14-13-28-19-31)24-18-32(23-10-2-1-3-11-23)30-25(24)21-9-6-12-27-15-21/h1-15,18-19H,16-17H2,(H,29,33). The highest BCUT2D eigenvalue weighted by Gasteiger charge is 2.19. The molecule has 7 nitrogen and oxygen atoms in total. The fraction of sp³-hybridized carbons (Fsp3) is 0.0769. The van der Waals surface area contributed by atoms with Gasteiger partial charge in [0.15, 0.2) is 0 Å². The van der Waals surface area contributed by atoms with Crippen molar-refractivity contribution in [3.8, 4) is 16.9 Å². The smallest absolute Gasteiger partial charge is 0.255 e. The van der Waals surface area contributed by atoms with Crippen LogP contribution >= 0.6 is 0 Å². The van der Waals surface area contributed by atoms with E-state index in [1.807, 2.05) is 71.4 Å². The van der Waals surface area contributed by atoms with Gasteiger partial charge in [0, 0.05) is 49.6 Å². The Hall–Kier alpha value is -4.52. The number of benzene rings is 2. The molecule has 0 bridgehead atoms. The lowest BCUT2D eigenvalue weighted by molar-refractivity contribution is 0.0951. The third kappa shape index (κ3) is 4.57. The quantitative estimate of drug-likeness (QED) is 0.418. The van der Waals surface area contributed by atoms with Crippen molar-refractivity contribution < 1.29 is 4.79 Å². The van der Waals surface area contributed by atoms with Crippen molar-refractivity contribution in [2.45, 2.75) is 13.1 Å². The van der Waals surface area contributed by atoms with E-state index in [0.29, 0.717) is 24.3 Å². The normalized spacial score (nSPS) is 10.8. The molecule has 0 fully saturated rings. The highest BCUT2D eigenvalue weighted by Crippen LogP contribution is 2.23. The molecule has 0 aliphatic heterocycles. The van der Waals surface area contributed by atoms with Crippen LogP contribution in [0.1, 0.15) is 21.5 Å². The third-order valence-electron chi connectivity index (χ3n) is 5.38. The second-order valence-corrected chi connectivity index (χ2v) is 7.60. The van der Waals surface area contributed by atoms with Crippen LogP contribution in [0, 0.1) is 0 Å². The van der Waals surface area contributed by atoms with Gasteiger partial charge in [-0.05, 0) is 35.4 Å². The highest BCUT2D eigenvalue weighted by molar-refractivity contribution is 5.99. The van der Waals surface area contributed by atoms with Gasteiger partial charge in [-0.3, -0.25) is 9.78 Å². The Bertz CT molecular complexity index is 1340. The van der Waals surface area contributed by atoms with Gasteiger partial charge in [0.05, 0.1) is 17.6 Å². The predicted molar refractivity (Wildman–Crippen MR) is 126 cm³/mol. The van der Waals surface area contributed by atoms with Crippen LogP contribution in [-0.2, 0) is 13.1 Å². The topological polar surface area (TPSA) is 77.6 Å². The van der Waals surface area contributed by atoms with E-state index in [9.17, 15) is 4.79 Å². The lowest BCUT2D eigenvalue weighted by Gasteiger charge is -2.11. The van der Waals surface area contributed by atoms with Crippen molar-refractivity contribution in [1.29, 1.82) is 0 Å². The van der Waals surface area contributed by atoms with Gasteiger partial charge in [0.1, 0.15) is 5.69 Å². The molecule has 0 unspecified atom stereocenters. The molecule has 0 saturated carbocycles. The maximum atomic E-state index is 13.3. The molecule has 1 N–H and O–H groups in total. The Labute approximate surface area is 191 Å². The minimum atomic E-state index is -0.187. The van der Waals surface area contributed by atoms with Crippen LogP contribution in [0.25, 0.3) is 16.9 Å². The Balaban J connectivity index is 1.41. The third-order valence-corrected chi connectivity index (χ3v) is 5.38. The van der Waals surface area contributed by atoms with Crippen molar-refractivity contribution in [1.82, 2.24) is 29.6 Å². The number of rotatable bonds is 7. The maximum Gasteiger partial charge on any atom is 0.255 e. The van der Waals surface area contributed by atoms with Crippen LogP contribution in [0.5, 0.6) is 0 Å². The molecule has 33 heavy (non-hydrogen) atoms.